The van der Waals surface area contributed by atoms with Gasteiger partial charge in [0.1, 0.15) is 5.54 Å². The topological polar surface area (TPSA) is 46.6 Å². The van der Waals surface area contributed by atoms with E-state index in [0.717, 1.165) is 12.8 Å². The molecule has 1 saturated heterocycles. The lowest BCUT2D eigenvalue weighted by Gasteiger charge is -2.38. The van der Waals surface area contributed by atoms with E-state index >= 15 is 0 Å². The molecule has 1 aliphatic rings. The molecule has 1 rings (SSSR count). The van der Waals surface area contributed by atoms with Gasteiger partial charge in [-0.2, -0.15) is 0 Å². The molecule has 0 aromatic rings. The van der Waals surface area contributed by atoms with Crippen molar-refractivity contribution in [1.82, 2.24) is 4.90 Å². The van der Waals surface area contributed by atoms with Gasteiger partial charge in [-0.25, -0.2) is 4.79 Å². The van der Waals surface area contributed by atoms with E-state index in [0.29, 0.717) is 13.0 Å². The Balaban J connectivity index is 2.79. The summed E-state index contributed by atoms with van der Waals surface area (Å²) >= 11 is 0. The number of ether oxygens (including phenoxy) is 1. The van der Waals surface area contributed by atoms with Crippen LogP contribution in [0, 0.1) is 0 Å². The maximum Gasteiger partial charge on any atom is 0.331 e. The molecule has 0 aliphatic carbocycles. The van der Waals surface area contributed by atoms with Gasteiger partial charge in [-0.1, -0.05) is 0 Å². The van der Waals surface area contributed by atoms with Gasteiger partial charge in [0, 0.05) is 13.0 Å². The molecule has 1 aliphatic heterocycles. The van der Waals surface area contributed by atoms with Crippen molar-refractivity contribution in [3.8, 4) is 0 Å². The summed E-state index contributed by atoms with van der Waals surface area (Å²) in [5.41, 5.74) is -0.827. The summed E-state index contributed by atoms with van der Waals surface area (Å²) in [4.78, 5) is 24.7. The third-order valence-corrected chi connectivity index (χ3v) is 2.68. The standard InChI is InChI=1S/C10H17NO3/c1-10(2,9(13)14-3)11-7-5-4-6-8(11)12/h4-7H2,1-3H3. The fraction of sp³-hybridized carbons (Fsp3) is 0.800. The number of likely N-dealkylation sites (tertiary alicyclic amines) is 1. The van der Waals surface area contributed by atoms with Crippen molar-refractivity contribution in [2.75, 3.05) is 13.7 Å². The van der Waals surface area contributed by atoms with Gasteiger partial charge < -0.3 is 9.64 Å². The number of rotatable bonds is 2. The smallest absolute Gasteiger partial charge is 0.331 e. The van der Waals surface area contributed by atoms with Crippen molar-refractivity contribution in [3.05, 3.63) is 0 Å². The highest BCUT2D eigenvalue weighted by molar-refractivity contribution is 5.87. The molecule has 80 valence electrons. The highest BCUT2D eigenvalue weighted by atomic mass is 16.5. The second-order valence-electron chi connectivity index (χ2n) is 4.05. The molecule has 1 amide bonds. The molecule has 0 N–H and O–H groups in total. The number of hydrogen-bond donors (Lipinski definition) is 0. The summed E-state index contributed by atoms with van der Waals surface area (Å²) in [7, 11) is 1.35. The van der Waals surface area contributed by atoms with Crippen molar-refractivity contribution in [2.45, 2.75) is 38.6 Å². The quantitative estimate of drug-likeness (QED) is 0.622. The van der Waals surface area contributed by atoms with Crippen LogP contribution in [0.4, 0.5) is 0 Å². The number of esters is 1. The highest BCUT2D eigenvalue weighted by Crippen LogP contribution is 2.22. The Morgan fingerprint density at radius 2 is 2.07 bits per heavy atom. The molecule has 0 bridgehead atoms. The van der Waals surface area contributed by atoms with Crippen LogP contribution in [-0.2, 0) is 14.3 Å². The molecular weight excluding hydrogens is 182 g/mol. The summed E-state index contributed by atoms with van der Waals surface area (Å²) in [6.45, 7) is 4.10. The van der Waals surface area contributed by atoms with Crippen LogP contribution in [0.2, 0.25) is 0 Å². The second-order valence-corrected chi connectivity index (χ2v) is 4.05. The Labute approximate surface area is 84.2 Å². The van der Waals surface area contributed by atoms with Gasteiger partial charge in [-0.05, 0) is 26.7 Å². The van der Waals surface area contributed by atoms with Crippen LogP contribution >= 0.6 is 0 Å². The summed E-state index contributed by atoms with van der Waals surface area (Å²) in [6.07, 6.45) is 2.43. The van der Waals surface area contributed by atoms with Crippen LogP contribution in [0.1, 0.15) is 33.1 Å². The number of piperidine rings is 1. The summed E-state index contributed by atoms with van der Waals surface area (Å²) in [6, 6.07) is 0. The maximum absolute atomic E-state index is 11.6. The zero-order chi connectivity index (χ0) is 10.8. The average Bonchev–Trinajstić information content (AvgIpc) is 2.17. The first-order chi connectivity index (χ1) is 6.50. The maximum atomic E-state index is 11.6. The zero-order valence-corrected chi connectivity index (χ0v) is 9.00. The third kappa shape index (κ3) is 1.89. The van der Waals surface area contributed by atoms with E-state index in [1.807, 2.05) is 0 Å². The minimum atomic E-state index is -0.827. The monoisotopic (exact) mass is 199 g/mol. The van der Waals surface area contributed by atoms with Crippen molar-refractivity contribution >= 4 is 11.9 Å². The van der Waals surface area contributed by atoms with E-state index in [-0.39, 0.29) is 11.9 Å². The van der Waals surface area contributed by atoms with Crippen LogP contribution in [0.5, 0.6) is 0 Å². The summed E-state index contributed by atoms with van der Waals surface area (Å²) in [5, 5.41) is 0. The Hall–Kier alpha value is -1.06. The number of hydrogen-bond acceptors (Lipinski definition) is 3. The lowest BCUT2D eigenvalue weighted by atomic mass is 9.98. The lowest BCUT2D eigenvalue weighted by molar-refractivity contribution is -0.161. The minimum absolute atomic E-state index is 0.0478. The Morgan fingerprint density at radius 1 is 1.43 bits per heavy atom. The SMILES string of the molecule is COC(=O)C(C)(C)N1CCCCC1=O. The molecule has 0 unspecified atom stereocenters. The minimum Gasteiger partial charge on any atom is -0.467 e. The number of carbonyl (C=O) groups excluding carboxylic acids is 2. The van der Waals surface area contributed by atoms with Crippen molar-refractivity contribution in [3.63, 3.8) is 0 Å². The Bertz CT molecular complexity index is 248. The van der Waals surface area contributed by atoms with E-state index in [9.17, 15) is 9.59 Å². The van der Waals surface area contributed by atoms with Crippen LogP contribution in [0.15, 0.2) is 0 Å². The molecule has 1 heterocycles. The first-order valence-corrected chi connectivity index (χ1v) is 4.89. The normalized spacial score (nSPS) is 18.2. The van der Waals surface area contributed by atoms with Gasteiger partial charge in [0.2, 0.25) is 5.91 Å². The first kappa shape index (κ1) is 11.0. The molecule has 14 heavy (non-hydrogen) atoms. The van der Waals surface area contributed by atoms with Crippen LogP contribution in [0.3, 0.4) is 0 Å². The van der Waals surface area contributed by atoms with Crippen molar-refractivity contribution in [1.29, 1.82) is 0 Å². The van der Waals surface area contributed by atoms with E-state index in [1.165, 1.54) is 7.11 Å². The molecule has 0 atom stereocenters. The predicted molar refractivity (Wildman–Crippen MR) is 51.7 cm³/mol. The fourth-order valence-corrected chi connectivity index (χ4v) is 1.76. The van der Waals surface area contributed by atoms with Gasteiger partial charge in [0.25, 0.3) is 0 Å². The van der Waals surface area contributed by atoms with E-state index in [1.54, 1.807) is 18.7 Å². The number of amides is 1. The number of nitrogens with zero attached hydrogens (tertiary/aromatic N) is 1. The molecule has 0 spiro atoms. The van der Waals surface area contributed by atoms with Crippen LogP contribution in [0.25, 0.3) is 0 Å². The zero-order valence-electron chi connectivity index (χ0n) is 9.00. The second kappa shape index (κ2) is 3.98. The summed E-state index contributed by atoms with van der Waals surface area (Å²) < 4.78 is 4.68. The highest BCUT2D eigenvalue weighted by Gasteiger charge is 2.39. The van der Waals surface area contributed by atoms with Gasteiger partial charge >= 0.3 is 5.97 Å². The van der Waals surface area contributed by atoms with E-state index in [4.69, 9.17) is 0 Å². The van der Waals surface area contributed by atoms with Gasteiger partial charge in [-0.3, -0.25) is 4.79 Å². The number of methoxy groups -OCH3 is 1. The fourth-order valence-electron chi connectivity index (χ4n) is 1.76. The van der Waals surface area contributed by atoms with E-state index in [2.05, 4.69) is 4.74 Å². The number of carbonyl (C=O) groups is 2. The van der Waals surface area contributed by atoms with Gasteiger partial charge in [0.05, 0.1) is 7.11 Å². The molecular formula is C10H17NO3. The van der Waals surface area contributed by atoms with E-state index < -0.39 is 5.54 Å². The Morgan fingerprint density at radius 3 is 2.57 bits per heavy atom. The van der Waals surface area contributed by atoms with Crippen LogP contribution in [-0.4, -0.2) is 36.0 Å². The van der Waals surface area contributed by atoms with Crippen molar-refractivity contribution < 1.29 is 14.3 Å². The van der Waals surface area contributed by atoms with Gasteiger partial charge in [-0.15, -0.1) is 0 Å². The Kier molecular flexibility index (Phi) is 3.13. The molecule has 0 radical (unpaired) electrons. The molecule has 1 fully saturated rings. The first-order valence-electron chi connectivity index (χ1n) is 4.89. The molecule has 4 nitrogen and oxygen atoms in total. The van der Waals surface area contributed by atoms with Crippen molar-refractivity contribution in [2.24, 2.45) is 0 Å². The molecule has 0 aromatic carbocycles. The average molecular weight is 199 g/mol. The van der Waals surface area contributed by atoms with Gasteiger partial charge in [0.15, 0.2) is 0 Å². The third-order valence-electron chi connectivity index (χ3n) is 2.68. The molecule has 0 aromatic heterocycles. The largest absolute Gasteiger partial charge is 0.467 e. The lowest BCUT2D eigenvalue weighted by Crippen LogP contribution is -2.55. The molecule has 0 saturated carbocycles. The molecule has 4 heteroatoms. The predicted octanol–water partition coefficient (Wildman–Crippen LogP) is 0.950. The van der Waals surface area contributed by atoms with Crippen LogP contribution < -0.4 is 0 Å². The summed E-state index contributed by atoms with van der Waals surface area (Å²) in [5.74, 6) is -0.306.